The van der Waals surface area contributed by atoms with Crippen molar-refractivity contribution in [2.45, 2.75) is 37.9 Å². The van der Waals surface area contributed by atoms with Crippen LogP contribution < -0.4 is 0 Å². The molecular formula is C6H11NO4. The van der Waals surface area contributed by atoms with Crippen molar-refractivity contribution in [2.24, 2.45) is 5.18 Å². The maximum atomic E-state index is 10.1. The van der Waals surface area contributed by atoms with E-state index in [1.54, 1.807) is 6.92 Å². The molecule has 5 nitrogen and oxygen atoms in total. The van der Waals surface area contributed by atoms with E-state index < -0.39 is 24.5 Å². The Morgan fingerprint density at radius 2 is 2.18 bits per heavy atom. The molecule has 0 radical (unpaired) electrons. The van der Waals surface area contributed by atoms with Crippen LogP contribution in [0.25, 0.3) is 0 Å². The van der Waals surface area contributed by atoms with Crippen molar-refractivity contribution < 1.29 is 14.9 Å². The van der Waals surface area contributed by atoms with Crippen LogP contribution in [0.5, 0.6) is 0 Å². The Labute approximate surface area is 64.0 Å². The highest BCUT2D eigenvalue weighted by atomic mass is 16.6. The average Bonchev–Trinajstić information content (AvgIpc) is 1.96. The Morgan fingerprint density at radius 1 is 1.55 bits per heavy atom. The maximum absolute atomic E-state index is 10.1. The summed E-state index contributed by atoms with van der Waals surface area (Å²) in [6.45, 7) is 1.59. The van der Waals surface area contributed by atoms with Crippen LogP contribution in [0.15, 0.2) is 5.18 Å². The van der Waals surface area contributed by atoms with Crippen LogP contribution in [-0.2, 0) is 4.74 Å². The molecule has 11 heavy (non-hydrogen) atoms. The lowest BCUT2D eigenvalue weighted by Gasteiger charge is -2.31. The molecular weight excluding hydrogens is 150 g/mol. The molecule has 1 fully saturated rings. The van der Waals surface area contributed by atoms with Crippen molar-refractivity contribution >= 4 is 0 Å². The van der Waals surface area contributed by atoms with E-state index in [2.05, 4.69) is 5.18 Å². The minimum atomic E-state index is -0.976. The van der Waals surface area contributed by atoms with E-state index in [1.807, 2.05) is 0 Å². The first-order valence-electron chi connectivity index (χ1n) is 3.49. The molecule has 0 spiro atoms. The fraction of sp³-hybridized carbons (Fsp3) is 1.00. The van der Waals surface area contributed by atoms with E-state index in [0.717, 1.165) is 0 Å². The van der Waals surface area contributed by atoms with Gasteiger partial charge in [0.05, 0.1) is 6.10 Å². The summed E-state index contributed by atoms with van der Waals surface area (Å²) in [6, 6.07) is -0.742. The third-order valence-corrected chi connectivity index (χ3v) is 1.83. The molecule has 0 bridgehead atoms. The second kappa shape index (κ2) is 3.25. The van der Waals surface area contributed by atoms with Gasteiger partial charge < -0.3 is 14.9 Å². The number of aliphatic hydroxyl groups is 2. The number of nitrogens with zero attached hydrogens (tertiary/aromatic N) is 1. The zero-order valence-corrected chi connectivity index (χ0v) is 6.17. The highest BCUT2D eigenvalue weighted by Gasteiger charge is 2.35. The van der Waals surface area contributed by atoms with E-state index >= 15 is 0 Å². The first-order valence-corrected chi connectivity index (χ1v) is 3.49. The van der Waals surface area contributed by atoms with E-state index in [1.165, 1.54) is 0 Å². The minimum Gasteiger partial charge on any atom is -0.388 e. The number of ether oxygens (including phenoxy) is 1. The van der Waals surface area contributed by atoms with Gasteiger partial charge in [-0.3, -0.25) is 0 Å². The van der Waals surface area contributed by atoms with Crippen LogP contribution in [-0.4, -0.2) is 34.8 Å². The molecule has 0 saturated carbocycles. The zero-order chi connectivity index (χ0) is 8.43. The van der Waals surface area contributed by atoms with Crippen molar-refractivity contribution in [2.75, 3.05) is 0 Å². The van der Waals surface area contributed by atoms with Gasteiger partial charge in [-0.25, -0.2) is 0 Å². The van der Waals surface area contributed by atoms with Crippen molar-refractivity contribution in [1.29, 1.82) is 0 Å². The lowest BCUT2D eigenvalue weighted by Crippen LogP contribution is -2.45. The lowest BCUT2D eigenvalue weighted by molar-refractivity contribution is -0.198. The number of aliphatic hydroxyl groups excluding tert-OH is 2. The Bertz CT molecular complexity index is 152. The third-order valence-electron chi connectivity index (χ3n) is 1.83. The fourth-order valence-electron chi connectivity index (χ4n) is 1.15. The lowest BCUT2D eigenvalue weighted by atomic mass is 10.0. The molecule has 4 unspecified atom stereocenters. The summed E-state index contributed by atoms with van der Waals surface area (Å²) in [5.74, 6) is 0. The van der Waals surface area contributed by atoms with Crippen LogP contribution in [0.3, 0.4) is 0 Å². The largest absolute Gasteiger partial charge is 0.388 e. The molecule has 5 heteroatoms. The molecule has 1 aliphatic rings. The highest BCUT2D eigenvalue weighted by molar-refractivity contribution is 4.84. The van der Waals surface area contributed by atoms with Gasteiger partial charge in [0.2, 0.25) is 0 Å². The number of hydrogen-bond donors (Lipinski definition) is 2. The average molecular weight is 161 g/mol. The van der Waals surface area contributed by atoms with Crippen LogP contribution in [0.1, 0.15) is 13.3 Å². The van der Waals surface area contributed by atoms with Crippen LogP contribution in [0, 0.1) is 4.91 Å². The molecule has 64 valence electrons. The van der Waals surface area contributed by atoms with Crippen molar-refractivity contribution in [3.8, 4) is 0 Å². The molecule has 0 aromatic carbocycles. The standard InChI is InChI=1S/C6H11NO4/c1-3-6(9)4(7-10)2-5(8)11-3/h3-6,8-9H,2H2,1H3. The predicted octanol–water partition coefficient (Wildman–Crippen LogP) is -0.391. The second-order valence-corrected chi connectivity index (χ2v) is 2.69. The Kier molecular flexibility index (Phi) is 2.53. The Balaban J connectivity index is 2.58. The van der Waals surface area contributed by atoms with Crippen molar-refractivity contribution in [3.05, 3.63) is 4.91 Å². The molecule has 1 heterocycles. The van der Waals surface area contributed by atoms with E-state index in [0.29, 0.717) is 0 Å². The number of nitroso groups, excluding NO2 is 1. The molecule has 1 rings (SSSR count). The summed E-state index contributed by atoms with van der Waals surface area (Å²) in [7, 11) is 0. The third kappa shape index (κ3) is 1.74. The molecule has 0 aromatic rings. The van der Waals surface area contributed by atoms with Crippen molar-refractivity contribution in [1.82, 2.24) is 0 Å². The summed E-state index contributed by atoms with van der Waals surface area (Å²) >= 11 is 0. The monoisotopic (exact) mass is 161 g/mol. The Hall–Kier alpha value is -0.520. The maximum Gasteiger partial charge on any atom is 0.157 e. The minimum absolute atomic E-state index is 0.0784. The van der Waals surface area contributed by atoms with E-state index in [4.69, 9.17) is 9.84 Å². The Morgan fingerprint density at radius 3 is 2.73 bits per heavy atom. The van der Waals surface area contributed by atoms with Gasteiger partial charge in [0.25, 0.3) is 0 Å². The molecule has 0 aromatic heterocycles. The molecule has 0 aliphatic carbocycles. The van der Waals surface area contributed by atoms with Crippen molar-refractivity contribution in [3.63, 3.8) is 0 Å². The number of rotatable bonds is 1. The fourth-order valence-corrected chi connectivity index (χ4v) is 1.15. The summed E-state index contributed by atoms with van der Waals surface area (Å²) in [6.07, 6.45) is -2.32. The van der Waals surface area contributed by atoms with Gasteiger partial charge in [-0.15, -0.1) is 0 Å². The van der Waals surface area contributed by atoms with Crippen LogP contribution >= 0.6 is 0 Å². The zero-order valence-electron chi connectivity index (χ0n) is 6.17. The van der Waals surface area contributed by atoms with Gasteiger partial charge in [0.15, 0.2) is 6.29 Å². The van der Waals surface area contributed by atoms with Gasteiger partial charge in [-0.1, -0.05) is 5.18 Å². The van der Waals surface area contributed by atoms with Crippen LogP contribution in [0.2, 0.25) is 0 Å². The van der Waals surface area contributed by atoms with Gasteiger partial charge >= 0.3 is 0 Å². The first kappa shape index (κ1) is 8.58. The van der Waals surface area contributed by atoms with Crippen LogP contribution in [0.4, 0.5) is 0 Å². The highest BCUT2D eigenvalue weighted by Crippen LogP contribution is 2.20. The SMILES string of the molecule is CC1OC(O)CC(N=O)C1O. The van der Waals surface area contributed by atoms with E-state index in [-0.39, 0.29) is 6.42 Å². The summed E-state index contributed by atoms with van der Waals surface area (Å²) in [4.78, 5) is 10.1. The summed E-state index contributed by atoms with van der Waals surface area (Å²) in [5, 5.41) is 20.9. The normalized spacial score (nSPS) is 45.4. The molecule has 1 aliphatic heterocycles. The predicted molar refractivity (Wildman–Crippen MR) is 36.8 cm³/mol. The first-order chi connectivity index (χ1) is 5.15. The molecule has 2 N–H and O–H groups in total. The van der Waals surface area contributed by atoms with E-state index in [9.17, 15) is 10.0 Å². The van der Waals surface area contributed by atoms with Gasteiger partial charge in [-0.2, -0.15) is 4.91 Å². The van der Waals surface area contributed by atoms with Gasteiger partial charge in [-0.05, 0) is 6.92 Å². The summed E-state index contributed by atoms with van der Waals surface area (Å²) in [5.41, 5.74) is 0. The molecule has 4 atom stereocenters. The number of hydrogen-bond acceptors (Lipinski definition) is 5. The molecule has 1 saturated heterocycles. The second-order valence-electron chi connectivity index (χ2n) is 2.69. The topological polar surface area (TPSA) is 79.1 Å². The van der Waals surface area contributed by atoms with Gasteiger partial charge in [0, 0.05) is 6.42 Å². The molecule has 0 amide bonds. The van der Waals surface area contributed by atoms with Gasteiger partial charge in [0.1, 0.15) is 12.1 Å². The quantitative estimate of drug-likeness (QED) is 0.513. The summed E-state index contributed by atoms with van der Waals surface area (Å²) < 4.78 is 4.84. The smallest absolute Gasteiger partial charge is 0.157 e.